The van der Waals surface area contributed by atoms with Crippen molar-refractivity contribution in [2.24, 2.45) is 0 Å². The van der Waals surface area contributed by atoms with Crippen LogP contribution >= 0.6 is 0 Å². The molecule has 3 rings (SSSR count). The maximum Gasteiger partial charge on any atom is 0.410 e. The molecule has 0 radical (unpaired) electrons. The van der Waals surface area contributed by atoms with Crippen LogP contribution in [0.25, 0.3) is 0 Å². The minimum absolute atomic E-state index is 0.0413. The zero-order valence-corrected chi connectivity index (χ0v) is 17.6. The number of halogens is 4. The van der Waals surface area contributed by atoms with Gasteiger partial charge in [-0.3, -0.25) is 0 Å². The second-order valence-corrected chi connectivity index (χ2v) is 8.04. The highest BCUT2D eigenvalue weighted by molar-refractivity contribution is 5.68. The molecule has 0 bridgehead atoms. The third-order valence-corrected chi connectivity index (χ3v) is 5.54. The van der Waals surface area contributed by atoms with Crippen molar-refractivity contribution in [3.63, 3.8) is 0 Å². The first kappa shape index (κ1) is 23.1. The van der Waals surface area contributed by atoms with Crippen molar-refractivity contribution in [3.8, 4) is 0 Å². The fraction of sp³-hybridized carbons (Fsp3) is 0.435. The molecular formula is C23H26F4N2O2. The Labute approximate surface area is 179 Å². The minimum atomic E-state index is -2.95. The summed E-state index contributed by atoms with van der Waals surface area (Å²) in [6.45, 7) is 2.25. The van der Waals surface area contributed by atoms with E-state index in [2.05, 4.69) is 4.90 Å². The van der Waals surface area contributed by atoms with Gasteiger partial charge in [-0.25, -0.2) is 22.4 Å². The first-order chi connectivity index (χ1) is 14.6. The molecule has 1 fully saturated rings. The van der Waals surface area contributed by atoms with Gasteiger partial charge in [0.05, 0.1) is 6.54 Å². The van der Waals surface area contributed by atoms with E-state index in [0.29, 0.717) is 18.4 Å². The molecule has 0 aromatic heterocycles. The number of alkyl halides is 2. The van der Waals surface area contributed by atoms with E-state index in [-0.39, 0.29) is 30.3 Å². The van der Waals surface area contributed by atoms with Gasteiger partial charge in [0.2, 0.25) is 0 Å². The molecule has 0 aliphatic carbocycles. The van der Waals surface area contributed by atoms with Gasteiger partial charge in [0.25, 0.3) is 5.92 Å². The molecule has 4 nitrogen and oxygen atoms in total. The normalized spacial score (nSPS) is 15.7. The molecule has 1 aliphatic heterocycles. The summed E-state index contributed by atoms with van der Waals surface area (Å²) >= 11 is 0. The molecule has 1 heterocycles. The smallest absolute Gasteiger partial charge is 0.410 e. The molecule has 0 atom stereocenters. The largest absolute Gasteiger partial charge is 0.445 e. The predicted octanol–water partition coefficient (Wildman–Crippen LogP) is 5.31. The average molecular weight is 438 g/mol. The summed E-state index contributed by atoms with van der Waals surface area (Å²) in [7, 11) is 1.99. The van der Waals surface area contributed by atoms with Crippen molar-refractivity contribution >= 4 is 6.09 Å². The average Bonchev–Trinajstić information content (AvgIpc) is 2.72. The molecule has 1 amide bonds. The molecular weight excluding hydrogens is 412 g/mol. The lowest BCUT2D eigenvalue weighted by atomic mass is 10.0. The van der Waals surface area contributed by atoms with Crippen LogP contribution in [0.5, 0.6) is 0 Å². The monoisotopic (exact) mass is 438 g/mol. The van der Waals surface area contributed by atoms with Gasteiger partial charge in [-0.1, -0.05) is 30.3 Å². The van der Waals surface area contributed by atoms with Crippen molar-refractivity contribution < 1.29 is 27.1 Å². The standard InChI is InChI=1S/C23H26F4N2O2/c1-23(26,27)18-6-3-16(4-7-18)15-31-22(30)29(20-9-11-28(2)12-10-20)14-17-5-8-19(24)13-21(17)25/h3-8,13,20H,9-12,14-15H2,1-2H3. The van der Waals surface area contributed by atoms with Crippen LogP contribution in [-0.4, -0.2) is 42.1 Å². The maximum absolute atomic E-state index is 14.2. The van der Waals surface area contributed by atoms with Crippen molar-refractivity contribution in [2.45, 2.75) is 44.9 Å². The highest BCUT2D eigenvalue weighted by Crippen LogP contribution is 2.27. The number of carbonyl (C=O) groups is 1. The highest BCUT2D eigenvalue weighted by Gasteiger charge is 2.29. The van der Waals surface area contributed by atoms with Crippen LogP contribution in [0.3, 0.4) is 0 Å². The van der Waals surface area contributed by atoms with Gasteiger partial charge in [-0.15, -0.1) is 0 Å². The number of piperidine rings is 1. The molecule has 8 heteroatoms. The molecule has 2 aromatic rings. The van der Waals surface area contributed by atoms with Gasteiger partial charge in [-0.05, 0) is 44.6 Å². The first-order valence-corrected chi connectivity index (χ1v) is 10.2. The number of nitrogens with zero attached hydrogens (tertiary/aromatic N) is 2. The van der Waals surface area contributed by atoms with Gasteiger partial charge in [0.1, 0.15) is 18.2 Å². The molecule has 168 valence electrons. The van der Waals surface area contributed by atoms with Gasteiger partial charge in [0, 0.05) is 30.2 Å². The highest BCUT2D eigenvalue weighted by atomic mass is 19.3. The van der Waals surface area contributed by atoms with E-state index >= 15 is 0 Å². The van der Waals surface area contributed by atoms with E-state index in [1.165, 1.54) is 35.2 Å². The molecule has 2 aromatic carbocycles. The Morgan fingerprint density at radius 1 is 1.13 bits per heavy atom. The Morgan fingerprint density at radius 3 is 2.35 bits per heavy atom. The summed E-state index contributed by atoms with van der Waals surface area (Å²) in [4.78, 5) is 16.5. The van der Waals surface area contributed by atoms with Crippen LogP contribution in [0, 0.1) is 11.6 Å². The summed E-state index contributed by atoms with van der Waals surface area (Å²) in [5, 5.41) is 0. The first-order valence-electron chi connectivity index (χ1n) is 10.2. The summed E-state index contributed by atoms with van der Waals surface area (Å²) in [6, 6.07) is 8.69. The number of hydrogen-bond acceptors (Lipinski definition) is 3. The lowest BCUT2D eigenvalue weighted by molar-refractivity contribution is 0.0173. The summed E-state index contributed by atoms with van der Waals surface area (Å²) in [5.41, 5.74) is 0.645. The van der Waals surface area contributed by atoms with Gasteiger partial charge in [-0.2, -0.15) is 0 Å². The van der Waals surface area contributed by atoms with Crippen LogP contribution in [0.2, 0.25) is 0 Å². The fourth-order valence-electron chi connectivity index (χ4n) is 3.60. The third kappa shape index (κ3) is 6.19. The molecule has 1 saturated heterocycles. The fourth-order valence-corrected chi connectivity index (χ4v) is 3.60. The Hall–Kier alpha value is -2.61. The second kappa shape index (κ2) is 9.68. The Balaban J connectivity index is 1.71. The number of ether oxygens (including phenoxy) is 1. The molecule has 31 heavy (non-hydrogen) atoms. The molecule has 0 spiro atoms. The number of hydrogen-bond donors (Lipinski definition) is 0. The van der Waals surface area contributed by atoms with E-state index in [0.717, 1.165) is 32.1 Å². The predicted molar refractivity (Wildman–Crippen MR) is 109 cm³/mol. The van der Waals surface area contributed by atoms with Gasteiger partial charge in [0.15, 0.2) is 0 Å². The number of amides is 1. The summed E-state index contributed by atoms with van der Waals surface area (Å²) < 4.78 is 59.6. The molecule has 1 aliphatic rings. The van der Waals surface area contributed by atoms with Crippen LogP contribution in [0.1, 0.15) is 36.5 Å². The Morgan fingerprint density at radius 2 is 1.77 bits per heavy atom. The Kier molecular flexibility index (Phi) is 7.20. The SMILES string of the molecule is CN1CCC(N(Cc2ccc(F)cc2F)C(=O)OCc2ccc(C(C)(F)F)cc2)CC1. The van der Waals surface area contributed by atoms with Gasteiger partial charge >= 0.3 is 6.09 Å². The van der Waals surface area contributed by atoms with E-state index in [9.17, 15) is 22.4 Å². The van der Waals surface area contributed by atoms with E-state index in [1.54, 1.807) is 0 Å². The van der Waals surface area contributed by atoms with Crippen LogP contribution in [0.4, 0.5) is 22.4 Å². The zero-order valence-electron chi connectivity index (χ0n) is 17.6. The second-order valence-electron chi connectivity index (χ2n) is 8.04. The number of likely N-dealkylation sites (tertiary alicyclic amines) is 1. The van der Waals surface area contributed by atoms with Crippen molar-refractivity contribution in [2.75, 3.05) is 20.1 Å². The number of carbonyl (C=O) groups excluding carboxylic acids is 1. The lowest BCUT2D eigenvalue weighted by Crippen LogP contribution is -2.46. The van der Waals surface area contributed by atoms with Crippen molar-refractivity contribution in [1.82, 2.24) is 9.80 Å². The van der Waals surface area contributed by atoms with E-state index in [1.807, 2.05) is 7.05 Å². The van der Waals surface area contributed by atoms with Crippen LogP contribution < -0.4 is 0 Å². The lowest BCUT2D eigenvalue weighted by Gasteiger charge is -2.36. The number of rotatable bonds is 6. The Bertz CT molecular complexity index is 891. The third-order valence-electron chi connectivity index (χ3n) is 5.54. The van der Waals surface area contributed by atoms with E-state index < -0.39 is 23.7 Å². The van der Waals surface area contributed by atoms with Crippen LogP contribution in [0.15, 0.2) is 42.5 Å². The quantitative estimate of drug-likeness (QED) is 0.573. The number of benzene rings is 2. The summed E-state index contributed by atoms with van der Waals surface area (Å²) in [5.74, 6) is -4.35. The summed E-state index contributed by atoms with van der Waals surface area (Å²) in [6.07, 6.45) is 0.784. The minimum Gasteiger partial charge on any atom is -0.445 e. The van der Waals surface area contributed by atoms with E-state index in [4.69, 9.17) is 4.74 Å². The van der Waals surface area contributed by atoms with Gasteiger partial charge < -0.3 is 14.5 Å². The topological polar surface area (TPSA) is 32.8 Å². The molecule has 0 N–H and O–H groups in total. The van der Waals surface area contributed by atoms with Crippen molar-refractivity contribution in [3.05, 3.63) is 70.8 Å². The molecule has 0 unspecified atom stereocenters. The van der Waals surface area contributed by atoms with Crippen LogP contribution in [-0.2, 0) is 23.8 Å². The zero-order chi connectivity index (χ0) is 22.6. The maximum atomic E-state index is 14.2. The van der Waals surface area contributed by atoms with Crippen molar-refractivity contribution in [1.29, 1.82) is 0 Å². The molecule has 0 saturated carbocycles.